The average molecular weight is 532 g/mol. The molecule has 182 valence electrons. The van der Waals surface area contributed by atoms with Gasteiger partial charge in [-0.2, -0.15) is 0 Å². The molecule has 0 aliphatic heterocycles. The minimum Gasteiger partial charge on any atom is -0.494 e. The van der Waals surface area contributed by atoms with Crippen molar-refractivity contribution in [2.45, 2.75) is 13.8 Å². The van der Waals surface area contributed by atoms with Gasteiger partial charge in [0.2, 0.25) is 11.8 Å². The molecule has 0 saturated carbocycles. The summed E-state index contributed by atoms with van der Waals surface area (Å²) in [5.74, 6) is 0.740. The van der Waals surface area contributed by atoms with Gasteiger partial charge in [0.05, 0.1) is 12.8 Å². The van der Waals surface area contributed by atoms with Crippen LogP contribution in [0.1, 0.15) is 19.6 Å². The van der Waals surface area contributed by atoms with Crippen LogP contribution in [0.25, 0.3) is 17.4 Å². The van der Waals surface area contributed by atoms with Crippen LogP contribution in [-0.2, 0) is 9.59 Å². The molecule has 10 heteroatoms. The van der Waals surface area contributed by atoms with E-state index in [1.165, 1.54) is 19.3 Å². The summed E-state index contributed by atoms with van der Waals surface area (Å²) in [5.41, 5.74) is 1.84. The number of halogens is 2. The molecular weight excluding hydrogens is 509 g/mol. The molecule has 3 aromatic rings. The Hall–Kier alpha value is -3.33. The molecule has 2 amide bonds. The number of anilines is 2. The molecule has 0 aliphatic carbocycles. The second-order valence-corrected chi connectivity index (χ2v) is 8.98. The highest BCUT2D eigenvalue weighted by molar-refractivity contribution is 7.80. The molecule has 2 aromatic carbocycles. The van der Waals surface area contributed by atoms with Crippen molar-refractivity contribution in [3.63, 3.8) is 0 Å². The van der Waals surface area contributed by atoms with E-state index >= 15 is 0 Å². The first-order valence-electron chi connectivity index (χ1n) is 10.5. The van der Waals surface area contributed by atoms with Crippen LogP contribution in [0.3, 0.4) is 0 Å². The van der Waals surface area contributed by atoms with Gasteiger partial charge >= 0.3 is 0 Å². The van der Waals surface area contributed by atoms with E-state index in [4.69, 9.17) is 44.6 Å². The predicted octanol–water partition coefficient (Wildman–Crippen LogP) is 6.38. The number of amides is 2. The number of benzene rings is 2. The number of carbonyl (C=O) groups excluding carboxylic acids is 2. The van der Waals surface area contributed by atoms with E-state index in [1.807, 2.05) is 0 Å². The maximum atomic E-state index is 12.3. The van der Waals surface area contributed by atoms with E-state index < -0.39 is 5.91 Å². The van der Waals surface area contributed by atoms with Crippen LogP contribution in [0.2, 0.25) is 10.0 Å². The molecule has 0 bridgehead atoms. The summed E-state index contributed by atoms with van der Waals surface area (Å²) in [7, 11) is 1.50. The van der Waals surface area contributed by atoms with Crippen LogP contribution in [0.4, 0.5) is 11.4 Å². The lowest BCUT2D eigenvalue weighted by molar-refractivity contribution is -0.119. The Morgan fingerprint density at radius 2 is 1.74 bits per heavy atom. The van der Waals surface area contributed by atoms with Gasteiger partial charge in [-0.15, -0.1) is 0 Å². The van der Waals surface area contributed by atoms with Gasteiger partial charge in [-0.05, 0) is 60.8 Å². The molecule has 7 nitrogen and oxygen atoms in total. The molecule has 0 atom stereocenters. The van der Waals surface area contributed by atoms with E-state index in [2.05, 4.69) is 16.0 Å². The summed E-state index contributed by atoms with van der Waals surface area (Å²) < 4.78 is 11.1. The average Bonchev–Trinajstić information content (AvgIpc) is 3.27. The van der Waals surface area contributed by atoms with Crippen LogP contribution in [-0.4, -0.2) is 24.0 Å². The fourth-order valence-electron chi connectivity index (χ4n) is 2.92. The standard InChI is InChI=1S/C25H23Cl2N3O4S/c1-14(2)24(32)29-20-7-4-18(13-22(20)33-3)28-25(35)30-23(31)9-6-19-5-8-21(34-19)15-10-16(26)12-17(27)11-15/h4-14H,1-3H3,(H,29,32)(H2,28,30,31,35)/b9-6+. The monoisotopic (exact) mass is 531 g/mol. The topological polar surface area (TPSA) is 92.6 Å². The van der Waals surface area contributed by atoms with E-state index in [1.54, 1.807) is 62.4 Å². The van der Waals surface area contributed by atoms with Crippen molar-refractivity contribution in [1.82, 2.24) is 5.32 Å². The Bertz CT molecular complexity index is 1270. The van der Waals surface area contributed by atoms with Crippen molar-refractivity contribution in [2.75, 3.05) is 17.7 Å². The SMILES string of the molecule is COc1cc(NC(=S)NC(=O)/C=C/c2ccc(-c3cc(Cl)cc(Cl)c3)o2)ccc1NC(=O)C(C)C. The second-order valence-electron chi connectivity index (χ2n) is 7.70. The van der Waals surface area contributed by atoms with Gasteiger partial charge in [-0.3, -0.25) is 14.9 Å². The van der Waals surface area contributed by atoms with Gasteiger partial charge < -0.3 is 19.8 Å². The Balaban J connectivity index is 1.58. The predicted molar refractivity (Wildman–Crippen MR) is 144 cm³/mol. The van der Waals surface area contributed by atoms with E-state index in [0.29, 0.717) is 38.7 Å². The van der Waals surface area contributed by atoms with Gasteiger partial charge in [0.25, 0.3) is 0 Å². The number of nitrogens with one attached hydrogen (secondary N) is 3. The Kier molecular flexibility index (Phi) is 8.92. The van der Waals surface area contributed by atoms with Crippen LogP contribution in [0.5, 0.6) is 5.75 Å². The maximum Gasteiger partial charge on any atom is 0.250 e. The van der Waals surface area contributed by atoms with Crippen molar-refractivity contribution in [3.8, 4) is 17.1 Å². The number of hydrogen-bond donors (Lipinski definition) is 3. The van der Waals surface area contributed by atoms with E-state index in [-0.39, 0.29) is 16.9 Å². The van der Waals surface area contributed by atoms with Crippen molar-refractivity contribution in [3.05, 3.63) is 70.4 Å². The molecule has 35 heavy (non-hydrogen) atoms. The lowest BCUT2D eigenvalue weighted by atomic mass is 10.2. The first-order valence-corrected chi connectivity index (χ1v) is 11.7. The largest absolute Gasteiger partial charge is 0.494 e. The third-order valence-corrected chi connectivity index (χ3v) is 5.29. The summed E-state index contributed by atoms with van der Waals surface area (Å²) in [6.45, 7) is 3.60. The number of ether oxygens (including phenoxy) is 1. The number of thiocarbonyl (C=S) groups is 1. The minimum absolute atomic E-state index is 0.0920. The highest BCUT2D eigenvalue weighted by atomic mass is 35.5. The summed E-state index contributed by atoms with van der Waals surface area (Å²) in [5, 5.41) is 9.35. The smallest absolute Gasteiger partial charge is 0.250 e. The maximum absolute atomic E-state index is 12.3. The summed E-state index contributed by atoms with van der Waals surface area (Å²) in [6.07, 6.45) is 2.81. The van der Waals surface area contributed by atoms with Crippen molar-refractivity contribution in [2.24, 2.45) is 5.92 Å². The molecule has 0 spiro atoms. The number of carbonyl (C=O) groups is 2. The van der Waals surface area contributed by atoms with Gasteiger partial charge in [0.1, 0.15) is 17.3 Å². The molecule has 0 radical (unpaired) electrons. The highest BCUT2D eigenvalue weighted by Gasteiger charge is 2.12. The molecule has 1 aromatic heterocycles. The van der Waals surface area contributed by atoms with Gasteiger partial charge in [0, 0.05) is 39.4 Å². The Morgan fingerprint density at radius 3 is 2.40 bits per heavy atom. The van der Waals surface area contributed by atoms with Crippen molar-refractivity contribution in [1.29, 1.82) is 0 Å². The Morgan fingerprint density at radius 1 is 1.03 bits per heavy atom. The molecule has 3 N–H and O–H groups in total. The van der Waals surface area contributed by atoms with Gasteiger partial charge in [-0.1, -0.05) is 37.0 Å². The fraction of sp³-hybridized carbons (Fsp3) is 0.160. The first-order chi connectivity index (χ1) is 16.6. The molecular formula is C25H23Cl2N3O4S. The molecule has 1 heterocycles. The Labute approximate surface area is 218 Å². The minimum atomic E-state index is -0.445. The number of rotatable bonds is 7. The number of hydrogen-bond acceptors (Lipinski definition) is 5. The molecule has 0 saturated heterocycles. The first kappa shape index (κ1) is 26.3. The highest BCUT2D eigenvalue weighted by Crippen LogP contribution is 2.29. The van der Waals surface area contributed by atoms with Crippen LogP contribution in [0, 0.1) is 5.92 Å². The van der Waals surface area contributed by atoms with E-state index in [9.17, 15) is 9.59 Å². The molecule has 0 unspecified atom stereocenters. The third kappa shape index (κ3) is 7.58. The zero-order valence-corrected chi connectivity index (χ0v) is 21.5. The zero-order chi connectivity index (χ0) is 25.5. The zero-order valence-electron chi connectivity index (χ0n) is 19.1. The lowest BCUT2D eigenvalue weighted by Crippen LogP contribution is -2.32. The fourth-order valence-corrected chi connectivity index (χ4v) is 3.66. The quantitative estimate of drug-likeness (QED) is 0.242. The number of methoxy groups -OCH3 is 1. The van der Waals surface area contributed by atoms with Crippen LogP contribution < -0.4 is 20.7 Å². The van der Waals surface area contributed by atoms with Gasteiger partial charge in [-0.25, -0.2) is 0 Å². The number of furan rings is 1. The molecule has 0 fully saturated rings. The molecule has 3 rings (SSSR count). The third-order valence-electron chi connectivity index (χ3n) is 4.65. The summed E-state index contributed by atoms with van der Waals surface area (Å²) in [4.78, 5) is 24.2. The van der Waals surface area contributed by atoms with Crippen molar-refractivity contribution >= 4 is 69.8 Å². The van der Waals surface area contributed by atoms with Gasteiger partial charge in [0.15, 0.2) is 5.11 Å². The summed E-state index contributed by atoms with van der Waals surface area (Å²) >= 11 is 17.3. The second kappa shape index (κ2) is 11.9. The summed E-state index contributed by atoms with van der Waals surface area (Å²) in [6, 6.07) is 13.6. The van der Waals surface area contributed by atoms with E-state index in [0.717, 1.165) is 5.56 Å². The molecule has 0 aliphatic rings. The van der Waals surface area contributed by atoms with Crippen molar-refractivity contribution < 1.29 is 18.7 Å². The normalized spacial score (nSPS) is 10.9. The van der Waals surface area contributed by atoms with Crippen LogP contribution in [0.15, 0.2) is 59.0 Å². The lowest BCUT2D eigenvalue weighted by Gasteiger charge is -2.14. The van der Waals surface area contributed by atoms with Crippen LogP contribution >= 0.6 is 35.4 Å².